The van der Waals surface area contributed by atoms with Crippen molar-refractivity contribution in [2.75, 3.05) is 34.5 Å². The molecule has 3 aliphatic rings. The topological polar surface area (TPSA) is 216 Å². The molecule has 2 heterocycles. The molecule has 1 saturated carbocycles. The molecule has 0 spiro atoms. The summed E-state index contributed by atoms with van der Waals surface area (Å²) in [5.74, 6) is 4.03. The average molecular weight is 733 g/mol. The van der Waals surface area contributed by atoms with Crippen molar-refractivity contribution in [3.05, 3.63) is 71.8 Å². The lowest BCUT2D eigenvalue weighted by atomic mass is 9.62. The van der Waals surface area contributed by atoms with Gasteiger partial charge in [-0.05, 0) is 60.0 Å². The molecule has 4 aromatic carbocycles. The predicted molar refractivity (Wildman–Crippen MR) is 199 cm³/mol. The van der Waals surface area contributed by atoms with Gasteiger partial charge in [0, 0.05) is 57.2 Å². The molecule has 1 fully saturated rings. The number of ether oxygens (including phenoxy) is 2. The Labute approximate surface area is 308 Å². The Morgan fingerprint density at radius 2 is 0.981 bits per heavy atom. The minimum absolute atomic E-state index is 0.114. The number of carbonyl (C=O) groups excluding carboxylic acids is 2. The largest absolute Gasteiger partial charge is 0.472 e. The van der Waals surface area contributed by atoms with Gasteiger partial charge in [-0.15, -0.1) is 0 Å². The van der Waals surface area contributed by atoms with Gasteiger partial charge in [0.2, 0.25) is 0 Å². The normalized spacial score (nSPS) is 24.8. The van der Waals surface area contributed by atoms with Crippen LogP contribution in [0.3, 0.4) is 0 Å². The summed E-state index contributed by atoms with van der Waals surface area (Å²) >= 11 is 0. The summed E-state index contributed by atoms with van der Waals surface area (Å²) < 4.78 is 10.6. The second kappa shape index (κ2) is 14.5. The van der Waals surface area contributed by atoms with Crippen molar-refractivity contribution in [3.63, 3.8) is 0 Å². The molecule has 0 bridgehead atoms. The lowest BCUT2D eigenvalue weighted by Crippen LogP contribution is -2.51. The minimum Gasteiger partial charge on any atom is -0.472 e. The second-order valence-corrected chi connectivity index (χ2v) is 13.0. The van der Waals surface area contributed by atoms with Crippen LogP contribution in [0, 0.1) is 23.7 Å². The van der Waals surface area contributed by atoms with Crippen LogP contribution in [0.1, 0.15) is 36.8 Å². The number of rotatable bonds is 6. The fourth-order valence-electron chi connectivity index (χ4n) is 7.74. The van der Waals surface area contributed by atoms with Gasteiger partial charge in [0.1, 0.15) is 12.1 Å². The van der Waals surface area contributed by atoms with Gasteiger partial charge in [0.25, 0.3) is 0 Å². The molecule has 4 aromatic rings. The number of carbonyl (C=O) groups is 4. The highest BCUT2D eigenvalue weighted by Gasteiger charge is 2.52. The Bertz CT molecular complexity index is 2250. The van der Waals surface area contributed by atoms with Crippen LogP contribution >= 0.6 is 0 Å². The van der Waals surface area contributed by atoms with Gasteiger partial charge in [-0.25, -0.2) is 19.2 Å². The molecule has 0 radical (unpaired) electrons. The zero-order valence-electron chi connectivity index (χ0n) is 29.0. The number of esters is 2. The summed E-state index contributed by atoms with van der Waals surface area (Å²) in [6, 6.07) is 13.9. The first-order chi connectivity index (χ1) is 26.0. The molecule has 6 unspecified atom stereocenters. The van der Waals surface area contributed by atoms with Crippen molar-refractivity contribution in [3.8, 4) is 23.7 Å². The molecule has 2 aliphatic heterocycles. The molecule has 0 saturated heterocycles. The molecular weight excluding hydrogens is 696 g/mol. The number of anilines is 4. The van der Waals surface area contributed by atoms with Gasteiger partial charge in [-0.1, -0.05) is 48.2 Å². The van der Waals surface area contributed by atoms with E-state index in [-0.39, 0.29) is 13.2 Å². The molecule has 7 rings (SSSR count). The molecule has 14 heteroatoms. The highest BCUT2D eigenvalue weighted by Crippen LogP contribution is 2.53. The van der Waals surface area contributed by atoms with Crippen LogP contribution in [0.25, 0.3) is 21.5 Å². The van der Waals surface area contributed by atoms with Crippen molar-refractivity contribution in [2.24, 2.45) is 0 Å². The molecule has 8 N–H and O–H groups in total. The maximum Gasteiger partial charge on any atom is 0.381 e. The number of carboxylic acid groups (broad SMARTS) is 2. The van der Waals surface area contributed by atoms with Gasteiger partial charge in [0.15, 0.2) is 12.1 Å². The Hall–Kier alpha value is -6.48. The molecular formula is C40H36N4O10. The summed E-state index contributed by atoms with van der Waals surface area (Å²) in [7, 11) is 0. The second-order valence-electron chi connectivity index (χ2n) is 13.0. The number of hydrogen-bond acceptors (Lipinski definition) is 12. The molecule has 0 aromatic heterocycles. The summed E-state index contributed by atoms with van der Waals surface area (Å²) in [4.78, 5) is 48.7. The third-order valence-corrected chi connectivity index (χ3v) is 10.00. The van der Waals surface area contributed by atoms with E-state index in [9.17, 15) is 39.6 Å². The van der Waals surface area contributed by atoms with Crippen LogP contribution in [-0.2, 0) is 28.7 Å². The zero-order valence-corrected chi connectivity index (χ0v) is 29.0. The smallest absolute Gasteiger partial charge is 0.381 e. The Kier molecular flexibility index (Phi) is 9.64. The van der Waals surface area contributed by atoms with Crippen molar-refractivity contribution in [2.45, 2.75) is 62.1 Å². The van der Waals surface area contributed by atoms with Gasteiger partial charge in [-0.2, -0.15) is 0 Å². The van der Waals surface area contributed by atoms with Crippen molar-refractivity contribution < 1.29 is 49.1 Å². The van der Waals surface area contributed by atoms with E-state index < -0.39 is 72.1 Å². The van der Waals surface area contributed by atoms with E-state index in [1.54, 1.807) is 62.4 Å². The van der Waals surface area contributed by atoms with Gasteiger partial charge in [-0.3, -0.25) is 0 Å². The molecule has 14 nitrogen and oxygen atoms in total. The number of aliphatic carboxylic acids is 2. The fourth-order valence-corrected chi connectivity index (χ4v) is 7.74. The molecule has 1 aliphatic carbocycles. The first-order valence-corrected chi connectivity index (χ1v) is 17.4. The van der Waals surface area contributed by atoms with Crippen LogP contribution in [0.15, 0.2) is 60.7 Å². The van der Waals surface area contributed by atoms with E-state index >= 15 is 0 Å². The summed E-state index contributed by atoms with van der Waals surface area (Å²) in [6.45, 7) is 3.58. The number of aliphatic hydroxyl groups is 2. The van der Waals surface area contributed by atoms with E-state index in [4.69, 9.17) is 9.47 Å². The summed E-state index contributed by atoms with van der Waals surface area (Å²) in [5.41, 5.74) is 3.58. The summed E-state index contributed by atoms with van der Waals surface area (Å²) in [6.07, 6.45) is -2.06. The third-order valence-electron chi connectivity index (χ3n) is 10.00. The van der Waals surface area contributed by atoms with E-state index in [2.05, 4.69) is 44.9 Å². The minimum atomic E-state index is -1.35. The van der Waals surface area contributed by atoms with Gasteiger partial charge in [0.05, 0.1) is 25.4 Å². The zero-order chi connectivity index (χ0) is 38.3. The lowest BCUT2D eigenvalue weighted by molar-refractivity contribution is -0.151. The van der Waals surface area contributed by atoms with Crippen LogP contribution in [0.4, 0.5) is 22.7 Å². The first-order valence-electron chi connectivity index (χ1n) is 17.4. The SMILES string of the molecule is CCOC(=O)C1Nc2cccc3c(C4C(O)C(c5ccc6c7c(cccc57)NC(C#CC(=O)O)C(C#CC(=O)O)N6)C4O)ccc(c23)NC1C(=O)OCC. The molecule has 276 valence electrons. The van der Waals surface area contributed by atoms with Gasteiger partial charge < -0.3 is 51.2 Å². The van der Waals surface area contributed by atoms with Gasteiger partial charge >= 0.3 is 23.9 Å². The monoisotopic (exact) mass is 732 g/mol. The van der Waals surface area contributed by atoms with E-state index in [1.807, 2.05) is 12.1 Å². The Balaban J connectivity index is 1.25. The number of carboxylic acids is 2. The van der Waals surface area contributed by atoms with Crippen molar-refractivity contribution >= 4 is 68.2 Å². The van der Waals surface area contributed by atoms with E-state index in [0.29, 0.717) is 55.4 Å². The first kappa shape index (κ1) is 35.9. The van der Waals surface area contributed by atoms with E-state index in [0.717, 1.165) is 0 Å². The molecule has 54 heavy (non-hydrogen) atoms. The number of aliphatic hydroxyl groups excluding tert-OH is 2. The molecule has 0 amide bonds. The van der Waals surface area contributed by atoms with Crippen LogP contribution in [0.2, 0.25) is 0 Å². The Morgan fingerprint density at radius 3 is 1.39 bits per heavy atom. The van der Waals surface area contributed by atoms with Crippen molar-refractivity contribution in [1.82, 2.24) is 0 Å². The quantitative estimate of drug-likeness (QED) is 0.106. The van der Waals surface area contributed by atoms with Crippen LogP contribution in [0.5, 0.6) is 0 Å². The van der Waals surface area contributed by atoms with E-state index in [1.165, 1.54) is 0 Å². The number of hydrogen-bond donors (Lipinski definition) is 8. The standard InChI is InChI=1S/C40H36N4O10/c1-3-53-39(51)35-36(40(52)54-4-2)44-28-14-12-22(20-8-6-10-26(43-35)32(20)28)34-37(49)33(38(34)50)21-11-13-27-31-19(21)7-5-9-25(31)41-23(15-17-29(45)46)24(42-27)16-18-30(47)48/h5-14,23-24,33-38,41-44,49-50H,3-4H2,1-2H3,(H,45,46)(H,47,48). The fraction of sp³-hybridized carbons (Fsp3) is 0.300. The number of nitrogens with one attached hydrogen (secondary N) is 4. The third kappa shape index (κ3) is 6.32. The maximum absolute atomic E-state index is 13.1. The lowest BCUT2D eigenvalue weighted by Gasteiger charge is -2.48. The van der Waals surface area contributed by atoms with Crippen LogP contribution in [-0.4, -0.2) is 93.9 Å². The van der Waals surface area contributed by atoms with Crippen LogP contribution < -0.4 is 21.3 Å². The highest BCUT2D eigenvalue weighted by atomic mass is 16.5. The number of benzene rings is 4. The average Bonchev–Trinajstić information content (AvgIpc) is 3.41. The highest BCUT2D eigenvalue weighted by molar-refractivity contribution is 6.09. The summed E-state index contributed by atoms with van der Waals surface area (Å²) in [5, 5.41) is 57.7. The molecule has 6 atom stereocenters. The van der Waals surface area contributed by atoms with Crippen molar-refractivity contribution in [1.29, 1.82) is 0 Å². The maximum atomic E-state index is 13.1. The predicted octanol–water partition coefficient (Wildman–Crippen LogP) is 3.05. The Morgan fingerprint density at radius 1 is 0.593 bits per heavy atom.